The van der Waals surface area contributed by atoms with Gasteiger partial charge in [0.25, 0.3) is 0 Å². The molecule has 4 heteroatoms. The lowest BCUT2D eigenvalue weighted by atomic mass is 10.0. The van der Waals surface area contributed by atoms with E-state index < -0.39 is 0 Å². The van der Waals surface area contributed by atoms with E-state index in [-0.39, 0.29) is 0 Å². The zero-order valence-corrected chi connectivity index (χ0v) is 11.2. The van der Waals surface area contributed by atoms with Crippen LogP contribution < -0.4 is 5.32 Å². The molecule has 0 aromatic carbocycles. The average Bonchev–Trinajstić information content (AvgIpc) is 2.82. The summed E-state index contributed by atoms with van der Waals surface area (Å²) in [5.74, 6) is 0. The van der Waals surface area contributed by atoms with E-state index in [1.807, 2.05) is 35.9 Å². The molecular weight excluding hydrogens is 242 g/mol. The smallest absolute Gasteiger partial charge is 0.107 e. The van der Waals surface area contributed by atoms with Gasteiger partial charge in [-0.15, -0.1) is 11.3 Å². The van der Waals surface area contributed by atoms with Crippen LogP contribution in [0.4, 0.5) is 0 Å². The van der Waals surface area contributed by atoms with Crippen molar-refractivity contribution in [3.05, 3.63) is 45.7 Å². The minimum absolute atomic E-state index is 0.875. The van der Waals surface area contributed by atoms with Crippen molar-refractivity contribution in [3.63, 3.8) is 0 Å². The van der Waals surface area contributed by atoms with Crippen molar-refractivity contribution >= 4 is 11.3 Å². The van der Waals surface area contributed by atoms with Crippen LogP contribution in [0.5, 0.6) is 0 Å². The van der Waals surface area contributed by atoms with Crippen molar-refractivity contribution in [2.45, 2.75) is 38.8 Å². The first-order chi connectivity index (χ1) is 8.92. The van der Waals surface area contributed by atoms with Crippen molar-refractivity contribution < 1.29 is 0 Å². The minimum atomic E-state index is 0.875. The lowest BCUT2D eigenvalue weighted by molar-refractivity contribution is 0.667. The summed E-state index contributed by atoms with van der Waals surface area (Å²) in [6.45, 7) is 1.76. The predicted molar refractivity (Wildman–Crippen MR) is 73.5 cm³/mol. The van der Waals surface area contributed by atoms with Crippen LogP contribution in [0, 0.1) is 0 Å². The number of fused-ring (bicyclic) bond motifs is 1. The maximum atomic E-state index is 4.73. The number of thiazole rings is 1. The Bertz CT molecular complexity index is 484. The summed E-state index contributed by atoms with van der Waals surface area (Å²) in [5, 5.41) is 4.68. The Kier molecular flexibility index (Phi) is 3.67. The number of hydrogen-bond acceptors (Lipinski definition) is 4. The Morgan fingerprint density at radius 1 is 1.11 bits per heavy atom. The zero-order valence-electron chi connectivity index (χ0n) is 10.4. The molecule has 1 aliphatic rings. The van der Waals surface area contributed by atoms with Gasteiger partial charge < -0.3 is 5.32 Å². The van der Waals surface area contributed by atoms with Crippen LogP contribution in [0.3, 0.4) is 0 Å². The largest absolute Gasteiger partial charge is 0.306 e. The molecule has 0 radical (unpaired) electrons. The van der Waals surface area contributed by atoms with Gasteiger partial charge in [0.15, 0.2) is 0 Å². The highest BCUT2D eigenvalue weighted by Gasteiger charge is 2.14. The summed E-state index contributed by atoms with van der Waals surface area (Å²) >= 11 is 1.88. The van der Waals surface area contributed by atoms with E-state index in [0.29, 0.717) is 0 Å². The molecule has 1 aliphatic carbocycles. The molecule has 2 heterocycles. The topological polar surface area (TPSA) is 37.8 Å². The summed E-state index contributed by atoms with van der Waals surface area (Å²) in [7, 11) is 0. The number of nitrogens with one attached hydrogen (secondary N) is 1. The van der Waals surface area contributed by atoms with Crippen LogP contribution in [-0.2, 0) is 25.9 Å². The fourth-order valence-electron chi connectivity index (χ4n) is 2.30. The maximum absolute atomic E-state index is 4.73. The Labute approximate surface area is 111 Å². The SMILES string of the molecule is c1cc(CNCc2nc3c(s2)CCCC3)ccn1. The van der Waals surface area contributed by atoms with Gasteiger partial charge in [0.05, 0.1) is 5.69 Å². The Morgan fingerprint density at radius 2 is 1.94 bits per heavy atom. The first kappa shape index (κ1) is 11.8. The van der Waals surface area contributed by atoms with Crippen LogP contribution in [0.25, 0.3) is 0 Å². The number of nitrogens with zero attached hydrogens (tertiary/aromatic N) is 2. The van der Waals surface area contributed by atoms with Crippen molar-refractivity contribution in [1.82, 2.24) is 15.3 Å². The molecule has 3 rings (SSSR count). The number of hydrogen-bond donors (Lipinski definition) is 1. The summed E-state index contributed by atoms with van der Waals surface area (Å²) in [4.78, 5) is 10.3. The molecule has 0 saturated heterocycles. The molecule has 0 fully saturated rings. The van der Waals surface area contributed by atoms with Gasteiger partial charge in [0.2, 0.25) is 0 Å². The molecular formula is C14H17N3S. The standard InChI is InChI=1S/C14H17N3S/c1-2-4-13-12(3-1)17-14(18-13)10-16-9-11-5-7-15-8-6-11/h5-8,16H,1-4,9-10H2. The summed E-state index contributed by atoms with van der Waals surface area (Å²) in [5.41, 5.74) is 2.62. The van der Waals surface area contributed by atoms with Crippen molar-refractivity contribution in [2.24, 2.45) is 0 Å². The number of pyridine rings is 1. The quantitative estimate of drug-likeness (QED) is 0.917. The van der Waals surface area contributed by atoms with E-state index in [1.165, 1.54) is 46.8 Å². The molecule has 18 heavy (non-hydrogen) atoms. The fourth-order valence-corrected chi connectivity index (χ4v) is 3.42. The van der Waals surface area contributed by atoms with E-state index in [4.69, 9.17) is 4.98 Å². The zero-order chi connectivity index (χ0) is 12.2. The van der Waals surface area contributed by atoms with Gasteiger partial charge in [0.1, 0.15) is 5.01 Å². The van der Waals surface area contributed by atoms with Crippen molar-refractivity contribution in [3.8, 4) is 0 Å². The highest BCUT2D eigenvalue weighted by molar-refractivity contribution is 7.11. The second-order valence-electron chi connectivity index (χ2n) is 4.64. The molecule has 0 atom stereocenters. The average molecular weight is 259 g/mol. The lowest BCUT2D eigenvalue weighted by Crippen LogP contribution is -2.12. The molecule has 3 nitrogen and oxygen atoms in total. The predicted octanol–water partition coefficient (Wildman–Crippen LogP) is 2.71. The maximum Gasteiger partial charge on any atom is 0.107 e. The number of aromatic nitrogens is 2. The monoisotopic (exact) mass is 259 g/mol. The Morgan fingerprint density at radius 3 is 2.78 bits per heavy atom. The normalized spacial score (nSPS) is 14.4. The van der Waals surface area contributed by atoms with E-state index in [2.05, 4.69) is 10.3 Å². The molecule has 94 valence electrons. The molecule has 0 bridgehead atoms. The van der Waals surface area contributed by atoms with E-state index in [0.717, 1.165) is 13.1 Å². The van der Waals surface area contributed by atoms with E-state index in [1.54, 1.807) is 0 Å². The minimum Gasteiger partial charge on any atom is -0.306 e. The fraction of sp³-hybridized carbons (Fsp3) is 0.429. The Hall–Kier alpha value is -1.26. The van der Waals surface area contributed by atoms with Gasteiger partial charge in [-0.3, -0.25) is 4.98 Å². The first-order valence-electron chi connectivity index (χ1n) is 6.49. The molecule has 0 saturated carbocycles. The van der Waals surface area contributed by atoms with Gasteiger partial charge in [-0.2, -0.15) is 0 Å². The molecule has 2 aromatic rings. The first-order valence-corrected chi connectivity index (χ1v) is 7.30. The van der Waals surface area contributed by atoms with Crippen molar-refractivity contribution in [1.29, 1.82) is 0 Å². The molecule has 1 N–H and O–H groups in total. The van der Waals surface area contributed by atoms with Gasteiger partial charge in [-0.05, 0) is 43.4 Å². The third-order valence-electron chi connectivity index (χ3n) is 3.24. The second-order valence-corrected chi connectivity index (χ2v) is 5.81. The lowest BCUT2D eigenvalue weighted by Gasteiger charge is -2.06. The van der Waals surface area contributed by atoms with Crippen LogP contribution in [0.15, 0.2) is 24.5 Å². The molecule has 0 unspecified atom stereocenters. The number of aryl methyl sites for hydroxylation is 2. The van der Waals surface area contributed by atoms with Crippen molar-refractivity contribution in [2.75, 3.05) is 0 Å². The third kappa shape index (κ3) is 2.76. The second kappa shape index (κ2) is 5.59. The molecule has 0 aliphatic heterocycles. The molecule has 2 aromatic heterocycles. The van der Waals surface area contributed by atoms with E-state index >= 15 is 0 Å². The Balaban J connectivity index is 1.55. The highest BCUT2D eigenvalue weighted by atomic mass is 32.1. The van der Waals surface area contributed by atoms with Crippen LogP contribution in [0.2, 0.25) is 0 Å². The highest BCUT2D eigenvalue weighted by Crippen LogP contribution is 2.26. The van der Waals surface area contributed by atoms with Crippen LogP contribution in [0.1, 0.15) is 34.0 Å². The molecule has 0 spiro atoms. The van der Waals surface area contributed by atoms with Gasteiger partial charge in [-0.25, -0.2) is 4.98 Å². The summed E-state index contributed by atoms with van der Waals surface area (Å²) < 4.78 is 0. The van der Waals surface area contributed by atoms with Crippen LogP contribution in [-0.4, -0.2) is 9.97 Å². The summed E-state index contributed by atoms with van der Waals surface area (Å²) in [6, 6.07) is 4.08. The summed E-state index contributed by atoms with van der Waals surface area (Å²) in [6.07, 6.45) is 8.71. The number of rotatable bonds is 4. The van der Waals surface area contributed by atoms with Gasteiger partial charge in [-0.1, -0.05) is 0 Å². The third-order valence-corrected chi connectivity index (χ3v) is 4.40. The van der Waals surface area contributed by atoms with Crippen LogP contribution >= 0.6 is 11.3 Å². The van der Waals surface area contributed by atoms with E-state index in [9.17, 15) is 0 Å². The van der Waals surface area contributed by atoms with Gasteiger partial charge >= 0.3 is 0 Å². The van der Waals surface area contributed by atoms with Gasteiger partial charge in [0, 0.05) is 30.4 Å². The molecule has 0 amide bonds.